The first-order chi connectivity index (χ1) is 11.4. The molecule has 0 aromatic heterocycles. The van der Waals surface area contributed by atoms with Crippen LogP contribution in [0.5, 0.6) is 5.75 Å². The summed E-state index contributed by atoms with van der Waals surface area (Å²) in [5.41, 5.74) is 10.8. The number of hydrogen-bond donors (Lipinski definition) is 2. The smallest absolute Gasteiger partial charge is 0.193 e. The van der Waals surface area contributed by atoms with Crippen molar-refractivity contribution >= 4 is 11.6 Å². The molecule has 0 atom stereocenters. The minimum Gasteiger partial charge on any atom is -0.491 e. The van der Waals surface area contributed by atoms with Gasteiger partial charge in [0.15, 0.2) is 5.96 Å². The van der Waals surface area contributed by atoms with E-state index in [1.165, 1.54) is 16.7 Å². The molecule has 0 aliphatic heterocycles. The minimum absolute atomic E-state index is 0.167. The van der Waals surface area contributed by atoms with Crippen LogP contribution in [-0.2, 0) is 6.42 Å². The van der Waals surface area contributed by atoms with Crippen LogP contribution in [0.1, 0.15) is 30.5 Å². The molecule has 2 aromatic carbocycles. The van der Waals surface area contributed by atoms with E-state index < -0.39 is 0 Å². The average molecular weight is 325 g/mol. The van der Waals surface area contributed by atoms with Gasteiger partial charge in [0.05, 0.1) is 6.10 Å². The summed E-state index contributed by atoms with van der Waals surface area (Å²) in [6.07, 6.45) is 1.05. The zero-order chi connectivity index (χ0) is 17.5. The van der Waals surface area contributed by atoms with Crippen LogP contribution >= 0.6 is 0 Å². The number of rotatable bonds is 6. The molecule has 0 bridgehead atoms. The molecule has 2 rings (SSSR count). The number of hydrogen-bond acceptors (Lipinski definition) is 2. The van der Waals surface area contributed by atoms with Crippen molar-refractivity contribution in [2.24, 2.45) is 10.7 Å². The van der Waals surface area contributed by atoms with E-state index in [4.69, 9.17) is 10.5 Å². The molecule has 2 aromatic rings. The fourth-order valence-corrected chi connectivity index (χ4v) is 2.50. The summed E-state index contributed by atoms with van der Waals surface area (Å²) in [6.45, 7) is 8.92. The zero-order valence-corrected chi connectivity index (χ0v) is 15.0. The highest BCUT2D eigenvalue weighted by Crippen LogP contribution is 2.16. The maximum atomic E-state index is 5.96. The van der Waals surface area contributed by atoms with Gasteiger partial charge in [-0.25, -0.2) is 0 Å². The van der Waals surface area contributed by atoms with E-state index in [1.54, 1.807) is 0 Å². The summed E-state index contributed by atoms with van der Waals surface area (Å²) in [5.74, 6) is 1.28. The normalized spacial score (nSPS) is 11.6. The average Bonchev–Trinajstić information content (AvgIpc) is 2.51. The largest absolute Gasteiger partial charge is 0.491 e. The van der Waals surface area contributed by atoms with Crippen LogP contribution in [0.2, 0.25) is 0 Å². The van der Waals surface area contributed by atoms with Crippen molar-refractivity contribution < 1.29 is 4.74 Å². The molecule has 0 fully saturated rings. The van der Waals surface area contributed by atoms with Crippen LogP contribution in [0.15, 0.2) is 47.5 Å². The van der Waals surface area contributed by atoms with Crippen molar-refractivity contribution in [1.29, 1.82) is 0 Å². The lowest BCUT2D eigenvalue weighted by atomic mass is 10.0. The van der Waals surface area contributed by atoms with Crippen molar-refractivity contribution in [3.05, 3.63) is 59.2 Å². The van der Waals surface area contributed by atoms with Crippen LogP contribution in [-0.4, -0.2) is 18.6 Å². The molecule has 4 nitrogen and oxygen atoms in total. The predicted molar refractivity (Wildman–Crippen MR) is 102 cm³/mol. The number of ether oxygens (including phenoxy) is 1. The Morgan fingerprint density at radius 3 is 2.46 bits per heavy atom. The van der Waals surface area contributed by atoms with Gasteiger partial charge in [0, 0.05) is 12.2 Å². The molecule has 128 valence electrons. The topological polar surface area (TPSA) is 59.6 Å². The van der Waals surface area contributed by atoms with Gasteiger partial charge in [0.1, 0.15) is 5.75 Å². The second kappa shape index (κ2) is 8.39. The Hall–Kier alpha value is -2.49. The Bertz CT molecular complexity index is 691. The number of guanidine groups is 1. The van der Waals surface area contributed by atoms with E-state index in [1.807, 2.05) is 38.1 Å². The maximum absolute atomic E-state index is 5.96. The van der Waals surface area contributed by atoms with E-state index in [9.17, 15) is 0 Å². The fourth-order valence-electron chi connectivity index (χ4n) is 2.50. The number of anilines is 1. The van der Waals surface area contributed by atoms with Crippen molar-refractivity contribution in [3.63, 3.8) is 0 Å². The number of benzene rings is 2. The highest BCUT2D eigenvalue weighted by atomic mass is 16.5. The number of nitrogens with one attached hydrogen (secondary N) is 1. The van der Waals surface area contributed by atoms with Gasteiger partial charge in [-0.1, -0.05) is 23.8 Å². The molecule has 0 aliphatic carbocycles. The molecular formula is C20H27N3O. The Morgan fingerprint density at radius 2 is 1.83 bits per heavy atom. The van der Waals surface area contributed by atoms with Crippen LogP contribution in [0.4, 0.5) is 5.69 Å². The molecule has 0 heterocycles. The number of aliphatic imine (C=N–C) groups is 1. The summed E-state index contributed by atoms with van der Waals surface area (Å²) in [5, 5.41) is 3.10. The second-order valence-electron chi connectivity index (χ2n) is 6.26. The molecule has 4 heteroatoms. The molecule has 0 saturated heterocycles. The van der Waals surface area contributed by atoms with Gasteiger partial charge in [-0.2, -0.15) is 0 Å². The van der Waals surface area contributed by atoms with Crippen LogP contribution in [0, 0.1) is 13.8 Å². The molecule has 0 saturated carbocycles. The molecule has 24 heavy (non-hydrogen) atoms. The molecular weight excluding hydrogens is 298 g/mol. The molecule has 0 aliphatic rings. The lowest BCUT2D eigenvalue weighted by molar-refractivity contribution is 0.242. The first-order valence-electron chi connectivity index (χ1n) is 8.34. The van der Waals surface area contributed by atoms with E-state index in [2.05, 4.69) is 42.4 Å². The Balaban J connectivity index is 1.87. The molecule has 3 N–H and O–H groups in total. The first kappa shape index (κ1) is 17.9. The highest BCUT2D eigenvalue weighted by molar-refractivity contribution is 5.92. The minimum atomic E-state index is 0.167. The number of nitrogens with zero attached hydrogens (tertiary/aromatic N) is 1. The molecule has 0 unspecified atom stereocenters. The second-order valence-corrected chi connectivity index (χ2v) is 6.26. The van der Waals surface area contributed by atoms with Crippen LogP contribution < -0.4 is 15.8 Å². The predicted octanol–water partition coefficient (Wildman–Crippen LogP) is 4.06. The van der Waals surface area contributed by atoms with Crippen molar-refractivity contribution in [2.45, 2.75) is 40.2 Å². The van der Waals surface area contributed by atoms with E-state index >= 15 is 0 Å². The lowest BCUT2D eigenvalue weighted by Gasteiger charge is -2.11. The number of nitrogens with two attached hydrogens (primary N) is 1. The van der Waals surface area contributed by atoms with Crippen molar-refractivity contribution in [1.82, 2.24) is 0 Å². The fraction of sp³-hybridized carbons (Fsp3) is 0.350. The third kappa shape index (κ3) is 5.61. The monoisotopic (exact) mass is 325 g/mol. The first-order valence-corrected chi connectivity index (χ1v) is 8.34. The van der Waals surface area contributed by atoms with E-state index in [0.29, 0.717) is 12.5 Å². The van der Waals surface area contributed by atoms with Gasteiger partial charge in [0.25, 0.3) is 0 Å². The third-order valence-corrected chi connectivity index (χ3v) is 3.66. The number of aryl methyl sites for hydroxylation is 2. The quantitative estimate of drug-likeness (QED) is 0.622. The van der Waals surface area contributed by atoms with Gasteiger partial charge >= 0.3 is 0 Å². The van der Waals surface area contributed by atoms with Crippen LogP contribution in [0.25, 0.3) is 0 Å². The molecule has 0 radical (unpaired) electrons. The van der Waals surface area contributed by atoms with Crippen molar-refractivity contribution in [2.75, 3.05) is 11.9 Å². The van der Waals surface area contributed by atoms with Gasteiger partial charge in [0.2, 0.25) is 0 Å². The van der Waals surface area contributed by atoms with Crippen molar-refractivity contribution in [3.8, 4) is 5.75 Å². The molecule has 0 amide bonds. The molecule has 0 spiro atoms. The van der Waals surface area contributed by atoms with Gasteiger partial charge in [-0.3, -0.25) is 4.99 Å². The Morgan fingerprint density at radius 1 is 1.12 bits per heavy atom. The van der Waals surface area contributed by atoms with Gasteiger partial charge in [-0.15, -0.1) is 0 Å². The maximum Gasteiger partial charge on any atom is 0.193 e. The SMILES string of the molecule is Cc1ccc(CCN=C(N)Nc2ccc(OC(C)C)cc2)c(C)c1. The summed E-state index contributed by atoms with van der Waals surface area (Å²) in [6, 6.07) is 14.2. The standard InChI is InChI=1S/C20H27N3O/c1-14(2)24-19-9-7-18(8-10-19)23-20(21)22-12-11-17-6-5-15(3)13-16(17)4/h5-10,13-14H,11-12H2,1-4H3,(H3,21,22,23). The zero-order valence-electron chi connectivity index (χ0n) is 15.0. The Kier molecular flexibility index (Phi) is 6.24. The Labute approximate surface area is 144 Å². The summed E-state index contributed by atoms with van der Waals surface area (Å²) < 4.78 is 5.62. The third-order valence-electron chi connectivity index (χ3n) is 3.66. The van der Waals surface area contributed by atoms with E-state index in [-0.39, 0.29) is 6.10 Å². The van der Waals surface area contributed by atoms with E-state index in [0.717, 1.165) is 17.9 Å². The van der Waals surface area contributed by atoms with Gasteiger partial charge < -0.3 is 15.8 Å². The lowest BCUT2D eigenvalue weighted by Crippen LogP contribution is -2.23. The highest BCUT2D eigenvalue weighted by Gasteiger charge is 2.01. The van der Waals surface area contributed by atoms with Crippen LogP contribution in [0.3, 0.4) is 0 Å². The summed E-state index contributed by atoms with van der Waals surface area (Å²) in [7, 11) is 0. The summed E-state index contributed by atoms with van der Waals surface area (Å²) >= 11 is 0. The van der Waals surface area contributed by atoms with Gasteiger partial charge in [-0.05, 0) is 69.5 Å². The summed E-state index contributed by atoms with van der Waals surface area (Å²) in [4.78, 5) is 4.40.